The van der Waals surface area contributed by atoms with Gasteiger partial charge in [0, 0.05) is 0 Å². The molecule has 134 valence electrons. The summed E-state index contributed by atoms with van der Waals surface area (Å²) in [6.07, 6.45) is -5.03. The second-order valence-electron chi connectivity index (χ2n) is 6.45. The monoisotopic (exact) mass is 348 g/mol. The standard InChI is InChI=1S/C15H19F3N2O4/c1-14(2,3)8-11(15(16,17)18)19-13(21)9-6-5-7-10(24-4)12(9)20(22)23/h5-7,11H,8H2,1-4H3,(H,19,21)/t11-/m0/s1. The Labute approximate surface area is 137 Å². The molecular weight excluding hydrogens is 329 g/mol. The van der Waals surface area contributed by atoms with Crippen LogP contribution in [0, 0.1) is 15.5 Å². The molecule has 0 aliphatic heterocycles. The number of nitro groups is 1. The SMILES string of the molecule is COc1cccc(C(=O)N[C@@H](CC(C)(C)C)C(F)(F)F)c1[N+](=O)[O-]. The number of halogens is 3. The first-order chi connectivity index (χ1) is 10.9. The van der Waals surface area contributed by atoms with E-state index in [4.69, 9.17) is 4.74 Å². The van der Waals surface area contributed by atoms with E-state index >= 15 is 0 Å². The van der Waals surface area contributed by atoms with E-state index in [1.807, 2.05) is 5.32 Å². The Morgan fingerprint density at radius 2 is 1.92 bits per heavy atom. The fourth-order valence-electron chi connectivity index (χ4n) is 2.16. The predicted octanol–water partition coefficient (Wildman–Crippen LogP) is 3.70. The molecular formula is C15H19F3N2O4. The highest BCUT2D eigenvalue weighted by molar-refractivity contribution is 5.99. The molecule has 1 rings (SSSR count). The van der Waals surface area contributed by atoms with E-state index in [0.717, 1.165) is 6.07 Å². The zero-order chi connectivity index (χ0) is 18.7. The van der Waals surface area contributed by atoms with Gasteiger partial charge in [-0.3, -0.25) is 14.9 Å². The van der Waals surface area contributed by atoms with Gasteiger partial charge < -0.3 is 10.1 Å². The number of hydrogen-bond donors (Lipinski definition) is 1. The molecule has 0 bridgehead atoms. The molecule has 1 aromatic carbocycles. The number of carbonyl (C=O) groups excluding carboxylic acids is 1. The van der Waals surface area contributed by atoms with Crippen molar-refractivity contribution in [1.82, 2.24) is 5.32 Å². The molecule has 6 nitrogen and oxygen atoms in total. The fraction of sp³-hybridized carbons (Fsp3) is 0.533. The molecule has 24 heavy (non-hydrogen) atoms. The Morgan fingerprint density at radius 3 is 2.33 bits per heavy atom. The smallest absolute Gasteiger partial charge is 0.408 e. The number of hydrogen-bond acceptors (Lipinski definition) is 4. The highest BCUT2D eigenvalue weighted by Gasteiger charge is 2.43. The van der Waals surface area contributed by atoms with E-state index in [1.165, 1.54) is 19.2 Å². The van der Waals surface area contributed by atoms with Gasteiger partial charge >= 0.3 is 11.9 Å². The van der Waals surface area contributed by atoms with Crippen LogP contribution >= 0.6 is 0 Å². The van der Waals surface area contributed by atoms with Crippen LogP contribution in [0.2, 0.25) is 0 Å². The highest BCUT2D eigenvalue weighted by atomic mass is 19.4. The minimum absolute atomic E-state index is 0.202. The average Bonchev–Trinajstić information content (AvgIpc) is 2.42. The number of carbonyl (C=O) groups is 1. The molecule has 0 aliphatic rings. The van der Waals surface area contributed by atoms with Crippen molar-refractivity contribution < 1.29 is 27.6 Å². The quantitative estimate of drug-likeness (QED) is 0.650. The summed E-state index contributed by atoms with van der Waals surface area (Å²) in [5, 5.41) is 13.0. The molecule has 0 radical (unpaired) electrons. The van der Waals surface area contributed by atoms with Crippen LogP contribution in [-0.2, 0) is 0 Å². The first-order valence-electron chi connectivity index (χ1n) is 7.06. The van der Waals surface area contributed by atoms with Crippen molar-refractivity contribution in [2.45, 2.75) is 39.4 Å². The Hall–Kier alpha value is -2.32. The number of alkyl halides is 3. The van der Waals surface area contributed by atoms with Gasteiger partial charge in [0.15, 0.2) is 5.75 Å². The summed E-state index contributed by atoms with van der Waals surface area (Å²) in [5.74, 6) is -1.38. The number of benzene rings is 1. The number of ether oxygens (including phenoxy) is 1. The molecule has 0 spiro atoms. The van der Waals surface area contributed by atoms with E-state index < -0.39 is 39.7 Å². The molecule has 1 aromatic rings. The van der Waals surface area contributed by atoms with E-state index in [-0.39, 0.29) is 12.2 Å². The molecule has 1 atom stereocenters. The predicted molar refractivity (Wildman–Crippen MR) is 81.0 cm³/mol. The molecule has 1 N–H and O–H groups in total. The van der Waals surface area contributed by atoms with E-state index in [0.29, 0.717) is 0 Å². The summed E-state index contributed by atoms with van der Waals surface area (Å²) in [7, 11) is 1.17. The topological polar surface area (TPSA) is 81.5 Å². The van der Waals surface area contributed by atoms with Crippen molar-refractivity contribution in [3.8, 4) is 5.75 Å². The molecule has 0 unspecified atom stereocenters. The number of amides is 1. The van der Waals surface area contributed by atoms with Crippen LogP contribution in [0.25, 0.3) is 0 Å². The number of rotatable bonds is 5. The Kier molecular flexibility index (Phi) is 5.80. The van der Waals surface area contributed by atoms with Gasteiger partial charge in [0.2, 0.25) is 0 Å². The van der Waals surface area contributed by atoms with Crippen molar-refractivity contribution in [3.63, 3.8) is 0 Å². The third-order valence-corrected chi connectivity index (χ3v) is 3.16. The van der Waals surface area contributed by atoms with Gasteiger partial charge in [0.25, 0.3) is 5.91 Å². The van der Waals surface area contributed by atoms with Crippen LogP contribution < -0.4 is 10.1 Å². The van der Waals surface area contributed by atoms with Gasteiger partial charge in [-0.2, -0.15) is 13.2 Å². The summed E-state index contributed by atoms with van der Waals surface area (Å²) in [5.41, 5.74) is -1.86. The first kappa shape index (κ1) is 19.7. The number of para-hydroxylation sites is 1. The van der Waals surface area contributed by atoms with E-state index in [1.54, 1.807) is 20.8 Å². The lowest BCUT2D eigenvalue weighted by atomic mass is 9.87. The molecule has 0 saturated heterocycles. The molecule has 0 fully saturated rings. The second kappa shape index (κ2) is 7.06. The number of nitro benzene ring substituents is 1. The summed E-state index contributed by atoms with van der Waals surface area (Å²) in [4.78, 5) is 22.5. The third-order valence-electron chi connectivity index (χ3n) is 3.16. The van der Waals surface area contributed by atoms with Crippen molar-refractivity contribution in [2.75, 3.05) is 7.11 Å². The van der Waals surface area contributed by atoms with Crippen LogP contribution in [0.4, 0.5) is 18.9 Å². The van der Waals surface area contributed by atoms with Crippen LogP contribution in [0.5, 0.6) is 5.75 Å². The van der Waals surface area contributed by atoms with Crippen molar-refractivity contribution in [1.29, 1.82) is 0 Å². The van der Waals surface area contributed by atoms with Crippen LogP contribution in [0.15, 0.2) is 18.2 Å². The lowest BCUT2D eigenvalue weighted by Gasteiger charge is -2.28. The lowest BCUT2D eigenvalue weighted by molar-refractivity contribution is -0.386. The van der Waals surface area contributed by atoms with Gasteiger partial charge in [-0.05, 0) is 24.0 Å². The molecule has 1 amide bonds. The van der Waals surface area contributed by atoms with Crippen molar-refractivity contribution >= 4 is 11.6 Å². The van der Waals surface area contributed by atoms with E-state index in [9.17, 15) is 28.1 Å². The summed E-state index contributed by atoms with van der Waals surface area (Å²) < 4.78 is 44.3. The maximum Gasteiger partial charge on any atom is 0.408 e. The first-order valence-corrected chi connectivity index (χ1v) is 7.06. The molecule has 0 saturated carbocycles. The van der Waals surface area contributed by atoms with Crippen molar-refractivity contribution in [2.24, 2.45) is 5.41 Å². The summed E-state index contributed by atoms with van der Waals surface area (Å²) >= 11 is 0. The van der Waals surface area contributed by atoms with Gasteiger partial charge in [-0.25, -0.2) is 0 Å². The van der Waals surface area contributed by atoms with Gasteiger partial charge in [0.05, 0.1) is 12.0 Å². The maximum absolute atomic E-state index is 13.2. The highest BCUT2D eigenvalue weighted by Crippen LogP contribution is 2.33. The Bertz CT molecular complexity index is 624. The largest absolute Gasteiger partial charge is 0.490 e. The zero-order valence-corrected chi connectivity index (χ0v) is 13.7. The fourth-order valence-corrected chi connectivity index (χ4v) is 2.16. The normalized spacial score (nSPS) is 13.3. The van der Waals surface area contributed by atoms with Crippen LogP contribution in [-0.4, -0.2) is 30.2 Å². The number of methoxy groups -OCH3 is 1. The Morgan fingerprint density at radius 1 is 1.33 bits per heavy atom. The van der Waals surface area contributed by atoms with Crippen LogP contribution in [0.1, 0.15) is 37.6 Å². The average molecular weight is 348 g/mol. The molecule has 9 heteroatoms. The maximum atomic E-state index is 13.2. The molecule has 0 aromatic heterocycles. The third kappa shape index (κ3) is 5.10. The minimum atomic E-state index is -4.67. The van der Waals surface area contributed by atoms with E-state index in [2.05, 4.69) is 0 Å². The van der Waals surface area contributed by atoms with Gasteiger partial charge in [0.1, 0.15) is 11.6 Å². The molecule has 0 heterocycles. The summed E-state index contributed by atoms with van der Waals surface area (Å²) in [6, 6.07) is 1.52. The zero-order valence-electron chi connectivity index (χ0n) is 13.7. The minimum Gasteiger partial charge on any atom is -0.490 e. The molecule has 0 aliphatic carbocycles. The Balaban J connectivity index is 3.20. The van der Waals surface area contributed by atoms with Crippen molar-refractivity contribution in [3.05, 3.63) is 33.9 Å². The second-order valence-corrected chi connectivity index (χ2v) is 6.45. The number of nitrogens with one attached hydrogen (secondary N) is 1. The number of nitrogens with zero attached hydrogens (tertiary/aromatic N) is 1. The summed E-state index contributed by atoms with van der Waals surface area (Å²) in [6.45, 7) is 4.81. The van der Waals surface area contributed by atoms with Crippen LogP contribution in [0.3, 0.4) is 0 Å². The van der Waals surface area contributed by atoms with Gasteiger partial charge in [-0.1, -0.05) is 26.8 Å². The van der Waals surface area contributed by atoms with Gasteiger partial charge in [-0.15, -0.1) is 0 Å². The lowest BCUT2D eigenvalue weighted by Crippen LogP contribution is -2.47.